The number of nitrogens with zero attached hydrogens (tertiary/aromatic N) is 4. The van der Waals surface area contributed by atoms with Crippen molar-refractivity contribution >= 4 is 0 Å². The summed E-state index contributed by atoms with van der Waals surface area (Å²) in [6, 6.07) is 40.0. The van der Waals surface area contributed by atoms with Crippen LogP contribution in [0.15, 0.2) is 108 Å². The number of nitriles is 3. The highest BCUT2D eigenvalue weighted by atomic mass is 15.3. The van der Waals surface area contributed by atoms with E-state index in [0.717, 1.165) is 39.8 Å². The molecule has 0 N–H and O–H groups in total. The van der Waals surface area contributed by atoms with Gasteiger partial charge >= 0.3 is 0 Å². The fourth-order valence-corrected chi connectivity index (χ4v) is 7.28. The van der Waals surface area contributed by atoms with Gasteiger partial charge in [0.1, 0.15) is 17.3 Å². The molecular weight excluding hydrogens is 452 g/mol. The Balaban J connectivity index is 1.76. The molecule has 172 valence electrons. The zero-order valence-electron chi connectivity index (χ0n) is 19.9. The van der Waals surface area contributed by atoms with E-state index < -0.39 is 11.0 Å². The lowest BCUT2D eigenvalue weighted by Crippen LogP contribution is -2.58. The molecule has 3 aliphatic rings. The molecule has 0 saturated heterocycles. The lowest BCUT2D eigenvalue weighted by molar-refractivity contribution is 0.138. The van der Waals surface area contributed by atoms with Crippen molar-refractivity contribution < 1.29 is 0 Å². The highest BCUT2D eigenvalue weighted by Gasteiger charge is 2.70. The van der Waals surface area contributed by atoms with E-state index in [-0.39, 0.29) is 0 Å². The van der Waals surface area contributed by atoms with Gasteiger partial charge in [-0.15, -0.1) is 0 Å². The maximum Gasteiger partial charge on any atom is 0.132 e. The lowest BCUT2D eigenvalue weighted by atomic mass is 9.55. The monoisotopic (exact) mass is 472 g/mol. The fourth-order valence-electron chi connectivity index (χ4n) is 7.28. The second-order valence-electron chi connectivity index (χ2n) is 9.75. The number of allylic oxidation sites excluding steroid dienone is 1. The summed E-state index contributed by atoms with van der Waals surface area (Å²) in [5, 5.41) is 31.0. The molecule has 0 fully saturated rings. The van der Waals surface area contributed by atoms with Crippen LogP contribution in [0.25, 0.3) is 11.1 Å². The summed E-state index contributed by atoms with van der Waals surface area (Å²) < 4.78 is 0. The Morgan fingerprint density at radius 3 is 1.81 bits per heavy atom. The van der Waals surface area contributed by atoms with Crippen LogP contribution < -0.4 is 0 Å². The van der Waals surface area contributed by atoms with Crippen molar-refractivity contribution in [2.24, 2.45) is 0 Å². The number of rotatable bonds is 1. The zero-order chi connectivity index (χ0) is 25.2. The minimum Gasteiger partial charge on any atom is -0.346 e. The summed E-state index contributed by atoms with van der Waals surface area (Å²) in [5.74, 6) is 0. The predicted octanol–water partition coefficient (Wildman–Crippen LogP) is 5.94. The van der Waals surface area contributed by atoms with Crippen LogP contribution >= 0.6 is 0 Å². The standard InChI is InChI=1S/C33H20N4/c34-19-22-13-15-24(16-14-22)33-27-10-4-1-7-23(27)17-18-37(33)31(21-36)30(20-35)32(33)28-11-5-2-8-25(28)26-9-3-6-12-29(26)32/h1-16H,17-18H2. The van der Waals surface area contributed by atoms with Crippen molar-refractivity contribution in [1.82, 2.24) is 4.90 Å². The third kappa shape index (κ3) is 2.30. The highest BCUT2D eigenvalue weighted by molar-refractivity contribution is 5.88. The first-order valence-electron chi connectivity index (χ1n) is 12.3. The molecule has 37 heavy (non-hydrogen) atoms. The molecule has 1 unspecified atom stereocenters. The van der Waals surface area contributed by atoms with Crippen LogP contribution in [0.1, 0.15) is 33.4 Å². The van der Waals surface area contributed by atoms with E-state index in [9.17, 15) is 15.8 Å². The predicted molar refractivity (Wildman–Crippen MR) is 140 cm³/mol. The summed E-state index contributed by atoms with van der Waals surface area (Å²) in [4.78, 5) is 2.17. The second-order valence-corrected chi connectivity index (χ2v) is 9.75. The topological polar surface area (TPSA) is 74.6 Å². The molecule has 0 saturated carbocycles. The molecule has 0 aromatic heterocycles. The van der Waals surface area contributed by atoms with Crippen molar-refractivity contribution in [3.8, 4) is 29.3 Å². The van der Waals surface area contributed by atoms with Gasteiger partial charge in [0.2, 0.25) is 0 Å². The van der Waals surface area contributed by atoms with Gasteiger partial charge in [-0.1, -0.05) is 84.9 Å². The van der Waals surface area contributed by atoms with Crippen molar-refractivity contribution in [3.05, 3.63) is 142 Å². The van der Waals surface area contributed by atoms with E-state index >= 15 is 0 Å². The quantitative estimate of drug-likeness (QED) is 0.344. The molecule has 1 aliphatic carbocycles. The Morgan fingerprint density at radius 1 is 0.622 bits per heavy atom. The van der Waals surface area contributed by atoms with Gasteiger partial charge in [0, 0.05) is 6.54 Å². The maximum atomic E-state index is 10.9. The van der Waals surface area contributed by atoms with Crippen LogP contribution in [0.3, 0.4) is 0 Å². The Kier molecular flexibility index (Phi) is 4.26. The molecule has 4 heteroatoms. The molecule has 0 amide bonds. The largest absolute Gasteiger partial charge is 0.346 e. The van der Waals surface area contributed by atoms with Crippen LogP contribution in [-0.2, 0) is 17.4 Å². The summed E-state index contributed by atoms with van der Waals surface area (Å²) in [6.07, 6.45) is 0.775. The molecule has 2 aliphatic heterocycles. The number of hydrogen-bond acceptors (Lipinski definition) is 4. The molecule has 7 rings (SSSR count). The van der Waals surface area contributed by atoms with Gasteiger partial charge in [-0.25, -0.2) is 0 Å². The van der Waals surface area contributed by atoms with Gasteiger partial charge in [0.15, 0.2) is 0 Å². The zero-order valence-corrected chi connectivity index (χ0v) is 19.9. The van der Waals surface area contributed by atoms with Gasteiger partial charge in [0.05, 0.1) is 28.7 Å². The lowest BCUT2D eigenvalue weighted by Gasteiger charge is -2.54. The minimum absolute atomic E-state index is 0.424. The second kappa shape index (κ2) is 7.44. The fraction of sp³-hybridized carbons (Fsp3) is 0.121. The maximum absolute atomic E-state index is 10.9. The summed E-state index contributed by atoms with van der Waals surface area (Å²) in [5.41, 5.74) is 7.15. The number of hydrogen-bond donors (Lipinski definition) is 0. The van der Waals surface area contributed by atoms with E-state index in [0.29, 0.717) is 23.4 Å². The van der Waals surface area contributed by atoms with E-state index in [1.807, 2.05) is 54.6 Å². The van der Waals surface area contributed by atoms with E-state index in [1.54, 1.807) is 0 Å². The highest BCUT2D eigenvalue weighted by Crippen LogP contribution is 2.69. The average molecular weight is 473 g/mol. The Morgan fingerprint density at radius 2 is 1.22 bits per heavy atom. The molecule has 0 bridgehead atoms. The average Bonchev–Trinajstić information content (AvgIpc) is 3.42. The van der Waals surface area contributed by atoms with Crippen LogP contribution in [0, 0.1) is 34.0 Å². The van der Waals surface area contributed by atoms with E-state index in [2.05, 4.69) is 65.6 Å². The molecule has 2 heterocycles. The third-order valence-electron chi connectivity index (χ3n) is 8.44. The van der Waals surface area contributed by atoms with Crippen molar-refractivity contribution in [3.63, 3.8) is 0 Å². The van der Waals surface area contributed by atoms with Crippen LogP contribution in [0.2, 0.25) is 0 Å². The van der Waals surface area contributed by atoms with Crippen molar-refractivity contribution in [2.75, 3.05) is 6.54 Å². The van der Waals surface area contributed by atoms with Crippen molar-refractivity contribution in [2.45, 2.75) is 17.4 Å². The third-order valence-corrected chi connectivity index (χ3v) is 8.44. The van der Waals surface area contributed by atoms with Gasteiger partial charge in [0.25, 0.3) is 0 Å². The first-order valence-corrected chi connectivity index (χ1v) is 12.3. The van der Waals surface area contributed by atoms with Crippen molar-refractivity contribution in [1.29, 1.82) is 15.8 Å². The molecule has 4 aromatic carbocycles. The number of benzene rings is 4. The molecule has 0 radical (unpaired) electrons. The summed E-state index contributed by atoms with van der Waals surface area (Å²) in [6.45, 7) is 0.608. The minimum atomic E-state index is -0.940. The van der Waals surface area contributed by atoms with Gasteiger partial charge < -0.3 is 4.90 Å². The SMILES string of the molecule is N#CC1=C(C#N)C2(c3ccccc3-c3ccccc32)C2(c3ccc(C#N)cc3)c3ccccc3CCN12. The van der Waals surface area contributed by atoms with Gasteiger partial charge in [-0.2, -0.15) is 15.8 Å². The molecular formula is C33H20N4. The Labute approximate surface area is 215 Å². The molecule has 4 nitrogen and oxygen atoms in total. The summed E-state index contributed by atoms with van der Waals surface area (Å²) >= 11 is 0. The normalized spacial score (nSPS) is 19.8. The Bertz CT molecular complexity index is 1730. The van der Waals surface area contributed by atoms with E-state index in [4.69, 9.17) is 0 Å². The Hall–Kier alpha value is -5.11. The first-order chi connectivity index (χ1) is 18.2. The van der Waals surface area contributed by atoms with Crippen LogP contribution in [0.5, 0.6) is 0 Å². The summed E-state index contributed by atoms with van der Waals surface area (Å²) in [7, 11) is 0. The van der Waals surface area contributed by atoms with Crippen LogP contribution in [-0.4, -0.2) is 11.4 Å². The molecule has 1 atom stereocenters. The first kappa shape index (κ1) is 21.2. The van der Waals surface area contributed by atoms with Crippen LogP contribution in [0.4, 0.5) is 0 Å². The smallest absolute Gasteiger partial charge is 0.132 e. The number of fused-ring (bicyclic) bond motifs is 9. The molecule has 1 spiro atoms. The van der Waals surface area contributed by atoms with Gasteiger partial charge in [-0.05, 0) is 57.5 Å². The molecule has 4 aromatic rings. The van der Waals surface area contributed by atoms with E-state index in [1.165, 1.54) is 5.56 Å². The van der Waals surface area contributed by atoms with Gasteiger partial charge in [-0.3, -0.25) is 0 Å².